The van der Waals surface area contributed by atoms with Gasteiger partial charge >= 0.3 is 0 Å². The Bertz CT molecular complexity index is 235. The van der Waals surface area contributed by atoms with Gasteiger partial charge in [0.1, 0.15) is 0 Å². The second-order valence-corrected chi connectivity index (χ2v) is 4.78. The molecule has 2 rings (SSSR count). The van der Waals surface area contributed by atoms with Crippen LogP contribution >= 0.6 is 0 Å². The number of nitrogens with two attached hydrogens (primary N) is 1. The lowest BCUT2D eigenvalue weighted by Crippen LogP contribution is -2.52. The smallest absolute Gasteiger partial charge is 0.191 e. The van der Waals surface area contributed by atoms with Gasteiger partial charge in [0, 0.05) is 19.1 Å². The molecule has 0 aromatic rings. The molecule has 0 aromatic carbocycles. The summed E-state index contributed by atoms with van der Waals surface area (Å²) in [6.07, 6.45) is 8.21. The summed E-state index contributed by atoms with van der Waals surface area (Å²) in [7, 11) is 0. The van der Waals surface area contributed by atoms with Crippen LogP contribution in [0.4, 0.5) is 0 Å². The molecule has 0 bridgehead atoms. The van der Waals surface area contributed by atoms with Gasteiger partial charge in [-0.2, -0.15) is 0 Å². The number of guanidine groups is 1. The normalized spacial score (nSPS) is 32.6. The zero-order valence-electron chi connectivity index (χ0n) is 9.78. The highest BCUT2D eigenvalue weighted by Gasteiger charge is 2.33. The molecule has 2 atom stereocenters. The molecule has 1 aliphatic carbocycles. The van der Waals surface area contributed by atoms with Gasteiger partial charge < -0.3 is 10.6 Å². The van der Waals surface area contributed by atoms with E-state index in [0.717, 1.165) is 25.0 Å². The first-order valence-electron chi connectivity index (χ1n) is 6.39. The first kappa shape index (κ1) is 10.8. The Morgan fingerprint density at radius 1 is 1.27 bits per heavy atom. The largest absolute Gasteiger partial charge is 0.370 e. The minimum absolute atomic E-state index is 0.697. The molecular formula is C12H23N3. The van der Waals surface area contributed by atoms with Gasteiger partial charge in [-0.3, -0.25) is 4.99 Å². The van der Waals surface area contributed by atoms with Gasteiger partial charge in [-0.1, -0.05) is 12.8 Å². The monoisotopic (exact) mass is 209 g/mol. The van der Waals surface area contributed by atoms with E-state index in [1.165, 1.54) is 38.5 Å². The van der Waals surface area contributed by atoms with Crippen molar-refractivity contribution in [3.8, 4) is 0 Å². The summed E-state index contributed by atoms with van der Waals surface area (Å²) in [5.41, 5.74) is 6.04. The molecule has 0 aromatic heterocycles. The molecule has 2 N–H and O–H groups in total. The molecule has 1 aliphatic heterocycles. The minimum Gasteiger partial charge on any atom is -0.370 e. The van der Waals surface area contributed by atoms with Gasteiger partial charge in [0.25, 0.3) is 0 Å². The highest BCUT2D eigenvalue weighted by atomic mass is 15.3. The fourth-order valence-corrected chi connectivity index (χ4v) is 3.16. The predicted octanol–water partition coefficient (Wildman–Crippen LogP) is 1.98. The van der Waals surface area contributed by atoms with Crippen LogP contribution in [-0.2, 0) is 0 Å². The van der Waals surface area contributed by atoms with Gasteiger partial charge in [0.2, 0.25) is 0 Å². The van der Waals surface area contributed by atoms with Crippen molar-refractivity contribution in [3.63, 3.8) is 0 Å². The molecule has 0 spiro atoms. The Kier molecular flexibility index (Phi) is 3.49. The SMILES string of the molecule is CCN=C(N)N1CCCC2CCCCC21. The maximum Gasteiger partial charge on any atom is 0.191 e. The van der Waals surface area contributed by atoms with Crippen molar-refractivity contribution >= 4 is 5.96 Å². The maximum absolute atomic E-state index is 6.04. The minimum atomic E-state index is 0.697. The Hall–Kier alpha value is -0.730. The first-order valence-corrected chi connectivity index (χ1v) is 6.39. The molecule has 1 saturated carbocycles. The number of hydrogen-bond acceptors (Lipinski definition) is 1. The van der Waals surface area contributed by atoms with Crippen molar-refractivity contribution in [2.45, 2.75) is 51.5 Å². The number of fused-ring (bicyclic) bond motifs is 1. The molecular weight excluding hydrogens is 186 g/mol. The Balaban J connectivity index is 2.06. The van der Waals surface area contributed by atoms with Crippen molar-refractivity contribution in [2.24, 2.45) is 16.6 Å². The summed E-state index contributed by atoms with van der Waals surface area (Å²) in [6, 6.07) is 0.697. The number of piperidine rings is 1. The Labute approximate surface area is 92.7 Å². The first-order chi connectivity index (χ1) is 7.33. The molecule has 0 amide bonds. The van der Waals surface area contributed by atoms with E-state index in [9.17, 15) is 0 Å². The van der Waals surface area contributed by atoms with Crippen LogP contribution in [0.25, 0.3) is 0 Å². The van der Waals surface area contributed by atoms with Crippen molar-refractivity contribution in [3.05, 3.63) is 0 Å². The highest BCUT2D eigenvalue weighted by molar-refractivity contribution is 5.78. The number of rotatable bonds is 1. The number of likely N-dealkylation sites (tertiary alicyclic amines) is 1. The molecule has 15 heavy (non-hydrogen) atoms. The number of nitrogens with zero attached hydrogens (tertiary/aromatic N) is 2. The third-order valence-corrected chi connectivity index (χ3v) is 3.86. The predicted molar refractivity (Wildman–Crippen MR) is 63.8 cm³/mol. The molecule has 86 valence electrons. The average Bonchev–Trinajstić information content (AvgIpc) is 2.28. The van der Waals surface area contributed by atoms with Crippen molar-refractivity contribution in [1.82, 2.24) is 4.90 Å². The highest BCUT2D eigenvalue weighted by Crippen LogP contribution is 2.34. The molecule has 0 radical (unpaired) electrons. The second-order valence-electron chi connectivity index (χ2n) is 4.78. The van der Waals surface area contributed by atoms with E-state index < -0.39 is 0 Å². The summed E-state index contributed by atoms with van der Waals surface area (Å²) in [5, 5.41) is 0. The van der Waals surface area contributed by atoms with Crippen LogP contribution in [0.5, 0.6) is 0 Å². The van der Waals surface area contributed by atoms with Crippen LogP contribution in [-0.4, -0.2) is 30.0 Å². The van der Waals surface area contributed by atoms with Crippen LogP contribution in [0.3, 0.4) is 0 Å². The fourth-order valence-electron chi connectivity index (χ4n) is 3.16. The van der Waals surface area contributed by atoms with E-state index in [1.54, 1.807) is 0 Å². The molecule has 2 unspecified atom stereocenters. The van der Waals surface area contributed by atoms with Crippen molar-refractivity contribution in [2.75, 3.05) is 13.1 Å². The summed E-state index contributed by atoms with van der Waals surface area (Å²) in [4.78, 5) is 6.73. The molecule has 2 fully saturated rings. The lowest BCUT2D eigenvalue weighted by Gasteiger charge is -2.44. The van der Waals surface area contributed by atoms with Crippen LogP contribution in [0.2, 0.25) is 0 Å². The molecule has 2 aliphatic rings. The summed E-state index contributed by atoms with van der Waals surface area (Å²) in [5.74, 6) is 1.67. The van der Waals surface area contributed by atoms with Gasteiger partial charge in [-0.25, -0.2) is 0 Å². The van der Waals surface area contributed by atoms with Crippen molar-refractivity contribution in [1.29, 1.82) is 0 Å². The quantitative estimate of drug-likeness (QED) is 0.530. The third kappa shape index (κ3) is 2.27. The zero-order valence-corrected chi connectivity index (χ0v) is 9.78. The van der Waals surface area contributed by atoms with Crippen molar-refractivity contribution < 1.29 is 0 Å². The van der Waals surface area contributed by atoms with Crippen LogP contribution in [0, 0.1) is 5.92 Å². The zero-order chi connectivity index (χ0) is 10.7. The molecule has 1 saturated heterocycles. The second kappa shape index (κ2) is 4.86. The van der Waals surface area contributed by atoms with Crippen LogP contribution < -0.4 is 5.73 Å². The molecule has 1 heterocycles. The van der Waals surface area contributed by atoms with E-state index in [0.29, 0.717) is 6.04 Å². The standard InChI is InChI=1S/C12H23N3/c1-2-14-12(13)15-9-5-7-10-6-3-4-8-11(10)15/h10-11H,2-9H2,1H3,(H2,13,14). The topological polar surface area (TPSA) is 41.6 Å². The summed E-state index contributed by atoms with van der Waals surface area (Å²) >= 11 is 0. The van der Waals surface area contributed by atoms with E-state index in [2.05, 4.69) is 16.8 Å². The van der Waals surface area contributed by atoms with E-state index >= 15 is 0 Å². The Morgan fingerprint density at radius 2 is 2.00 bits per heavy atom. The van der Waals surface area contributed by atoms with Crippen LogP contribution in [0.15, 0.2) is 4.99 Å². The van der Waals surface area contributed by atoms with Gasteiger partial charge in [-0.15, -0.1) is 0 Å². The lowest BCUT2D eigenvalue weighted by atomic mass is 9.78. The Morgan fingerprint density at radius 3 is 2.80 bits per heavy atom. The van der Waals surface area contributed by atoms with E-state index in [1.807, 2.05) is 0 Å². The number of aliphatic imine (C=N–C) groups is 1. The molecule has 3 nitrogen and oxygen atoms in total. The van der Waals surface area contributed by atoms with Gasteiger partial charge in [-0.05, 0) is 38.5 Å². The molecule has 3 heteroatoms. The van der Waals surface area contributed by atoms with Gasteiger partial charge in [0.15, 0.2) is 5.96 Å². The maximum atomic E-state index is 6.04. The summed E-state index contributed by atoms with van der Waals surface area (Å²) in [6.45, 7) is 3.98. The third-order valence-electron chi connectivity index (χ3n) is 3.86. The fraction of sp³-hybridized carbons (Fsp3) is 0.917. The lowest BCUT2D eigenvalue weighted by molar-refractivity contribution is 0.118. The summed E-state index contributed by atoms with van der Waals surface area (Å²) < 4.78 is 0. The average molecular weight is 209 g/mol. The van der Waals surface area contributed by atoms with Gasteiger partial charge in [0.05, 0.1) is 0 Å². The van der Waals surface area contributed by atoms with Crippen LogP contribution in [0.1, 0.15) is 45.4 Å². The van der Waals surface area contributed by atoms with E-state index in [4.69, 9.17) is 5.73 Å². The number of hydrogen-bond donors (Lipinski definition) is 1. The van der Waals surface area contributed by atoms with E-state index in [-0.39, 0.29) is 0 Å².